The molecule has 0 fully saturated rings. The first kappa shape index (κ1) is 11.9. The second-order valence-corrected chi connectivity index (χ2v) is 4.85. The lowest BCUT2D eigenvalue weighted by molar-refractivity contribution is 0.465. The van der Waals surface area contributed by atoms with Gasteiger partial charge in [0.25, 0.3) is 10.1 Å². The van der Waals surface area contributed by atoms with Gasteiger partial charge in [0.05, 0.1) is 10.6 Å². The van der Waals surface area contributed by atoms with Gasteiger partial charge in [-0.3, -0.25) is 4.55 Å². The molecule has 0 saturated heterocycles. The number of phenolic OH excluding ortho intramolecular Hbond substituents is 1. The van der Waals surface area contributed by atoms with Crippen LogP contribution in [0.2, 0.25) is 0 Å². The highest BCUT2D eigenvalue weighted by atomic mass is 32.2. The van der Waals surface area contributed by atoms with Gasteiger partial charge in [0.15, 0.2) is 11.1 Å². The molecule has 1 aromatic rings. The fraction of sp³-hybridized carbons (Fsp3) is 0. The monoisotopic (exact) mass is 253 g/mol. The normalized spacial score (nSPS) is 13.7. The summed E-state index contributed by atoms with van der Waals surface area (Å²) in [6, 6.07) is 1.83. The molecule has 15 heavy (non-hydrogen) atoms. The van der Waals surface area contributed by atoms with Crippen LogP contribution in [0.25, 0.3) is 0 Å². The van der Waals surface area contributed by atoms with Crippen molar-refractivity contribution >= 4 is 26.9 Å². The average molecular weight is 253 g/mol. The molecule has 84 valence electrons. The Labute approximate surface area is 87.6 Å². The van der Waals surface area contributed by atoms with Crippen molar-refractivity contribution in [3.8, 4) is 5.75 Å². The number of anilines is 1. The maximum atomic E-state index is 10.9. The van der Waals surface area contributed by atoms with Crippen LogP contribution in [0, 0.1) is 0 Å². The summed E-state index contributed by atoms with van der Waals surface area (Å²) in [7, 11) is -4.77. The number of phenols is 1. The van der Waals surface area contributed by atoms with E-state index in [2.05, 4.69) is 0 Å². The predicted octanol–water partition coefficient (Wildman–Crippen LogP) is -0.198. The Morgan fingerprint density at radius 3 is 2.27 bits per heavy atom. The molecule has 9 heteroatoms. The van der Waals surface area contributed by atoms with Crippen LogP contribution in [0.15, 0.2) is 21.9 Å². The minimum Gasteiger partial charge on any atom is -0.506 e. The van der Waals surface area contributed by atoms with Crippen molar-refractivity contribution in [3.05, 3.63) is 12.1 Å². The minimum atomic E-state index is -4.77. The molecule has 1 atom stereocenters. The molecule has 5 N–H and O–H groups in total. The number of rotatable bonds is 2. The number of nitrogens with two attached hydrogens (primary N) is 1. The first-order valence-electron chi connectivity index (χ1n) is 3.45. The minimum absolute atomic E-state index is 0.590. The second kappa shape index (κ2) is 3.77. The van der Waals surface area contributed by atoms with Crippen molar-refractivity contribution in [2.24, 2.45) is 0 Å². The molecule has 1 rings (SSSR count). The number of nitrogen functional groups attached to an aromatic ring is 1. The van der Waals surface area contributed by atoms with E-state index in [1.165, 1.54) is 0 Å². The molecule has 0 aromatic heterocycles. The van der Waals surface area contributed by atoms with E-state index >= 15 is 0 Å². The third kappa shape index (κ3) is 2.26. The molecule has 0 amide bonds. The first-order valence-corrected chi connectivity index (χ1v) is 5.99. The van der Waals surface area contributed by atoms with Gasteiger partial charge in [0.2, 0.25) is 0 Å². The lowest BCUT2D eigenvalue weighted by Gasteiger charge is -2.07. The zero-order chi connectivity index (χ0) is 11.8. The van der Waals surface area contributed by atoms with Gasteiger partial charge in [0.1, 0.15) is 10.6 Å². The Morgan fingerprint density at radius 2 is 1.87 bits per heavy atom. The molecule has 0 aliphatic rings. The summed E-state index contributed by atoms with van der Waals surface area (Å²) >= 11 is -2.64. The second-order valence-electron chi connectivity index (χ2n) is 2.55. The smallest absolute Gasteiger partial charge is 0.298 e. The van der Waals surface area contributed by atoms with E-state index in [-0.39, 0.29) is 0 Å². The Morgan fingerprint density at radius 1 is 1.33 bits per heavy atom. The summed E-state index contributed by atoms with van der Waals surface area (Å²) in [5.41, 5.74) is 4.50. The Hall–Kier alpha value is -1.16. The molecular formula is C6H7NO6S2. The summed E-state index contributed by atoms with van der Waals surface area (Å²) < 4.78 is 49.9. The Kier molecular flexibility index (Phi) is 3.00. The highest BCUT2D eigenvalue weighted by Gasteiger charge is 2.24. The topological polar surface area (TPSA) is 138 Å². The van der Waals surface area contributed by atoms with E-state index in [0.717, 1.165) is 12.1 Å². The fourth-order valence-corrected chi connectivity index (χ4v) is 2.66. The molecule has 0 saturated carbocycles. The van der Waals surface area contributed by atoms with Crippen molar-refractivity contribution in [1.29, 1.82) is 0 Å². The lowest BCUT2D eigenvalue weighted by atomic mass is 10.3. The standard InChI is InChI=1S/C6H7NO6S2/c7-5-3(8)1-2-4(14(9)10)6(5)15(11,12)13/h1-2,8H,7H2,(H,9,10)(H,11,12,13). The third-order valence-electron chi connectivity index (χ3n) is 1.58. The first-order chi connectivity index (χ1) is 6.75. The van der Waals surface area contributed by atoms with Crippen LogP contribution >= 0.6 is 0 Å². The molecule has 0 spiro atoms. The summed E-state index contributed by atoms with van der Waals surface area (Å²) in [5, 5.41) is 9.09. The summed E-state index contributed by atoms with van der Waals surface area (Å²) in [5.74, 6) is -0.600. The zero-order valence-corrected chi connectivity index (χ0v) is 8.75. The summed E-state index contributed by atoms with van der Waals surface area (Å²) in [6.45, 7) is 0. The van der Waals surface area contributed by atoms with Gasteiger partial charge in [-0.2, -0.15) is 8.42 Å². The molecule has 0 aliphatic heterocycles. The van der Waals surface area contributed by atoms with Crippen LogP contribution in [0.4, 0.5) is 5.69 Å². The molecule has 0 bridgehead atoms. The fourth-order valence-electron chi connectivity index (χ4n) is 0.973. The van der Waals surface area contributed by atoms with E-state index in [1.54, 1.807) is 0 Å². The van der Waals surface area contributed by atoms with Gasteiger partial charge < -0.3 is 15.4 Å². The molecule has 1 unspecified atom stereocenters. The maximum absolute atomic E-state index is 10.9. The SMILES string of the molecule is Nc1c(O)ccc(S(=O)O)c1S(=O)(=O)O. The van der Waals surface area contributed by atoms with Gasteiger partial charge in [-0.05, 0) is 12.1 Å². The summed E-state index contributed by atoms with van der Waals surface area (Å²) in [4.78, 5) is -1.55. The van der Waals surface area contributed by atoms with E-state index in [0.29, 0.717) is 0 Å². The molecule has 1 aromatic carbocycles. The number of hydrogen-bond acceptors (Lipinski definition) is 5. The van der Waals surface area contributed by atoms with E-state index in [9.17, 15) is 12.6 Å². The van der Waals surface area contributed by atoms with Crippen molar-refractivity contribution in [3.63, 3.8) is 0 Å². The van der Waals surface area contributed by atoms with Crippen LogP contribution in [-0.2, 0) is 21.2 Å². The summed E-state index contributed by atoms with van der Waals surface area (Å²) in [6.07, 6.45) is 0. The highest BCUT2D eigenvalue weighted by molar-refractivity contribution is 7.87. The highest BCUT2D eigenvalue weighted by Crippen LogP contribution is 2.32. The maximum Gasteiger partial charge on any atom is 0.298 e. The van der Waals surface area contributed by atoms with Gasteiger partial charge in [0, 0.05) is 0 Å². The Bertz CT molecular complexity index is 523. The molecular weight excluding hydrogens is 246 g/mol. The van der Waals surface area contributed by atoms with E-state index < -0.39 is 42.4 Å². The van der Waals surface area contributed by atoms with Crippen LogP contribution in [-0.4, -0.2) is 26.8 Å². The van der Waals surface area contributed by atoms with Gasteiger partial charge in [-0.15, -0.1) is 0 Å². The largest absolute Gasteiger partial charge is 0.506 e. The average Bonchev–Trinajstić information content (AvgIpc) is 2.06. The van der Waals surface area contributed by atoms with Crippen molar-refractivity contribution in [1.82, 2.24) is 0 Å². The third-order valence-corrected chi connectivity index (χ3v) is 3.38. The van der Waals surface area contributed by atoms with E-state index in [1.807, 2.05) is 0 Å². The predicted molar refractivity (Wildman–Crippen MR) is 51.4 cm³/mol. The van der Waals surface area contributed by atoms with Crippen molar-refractivity contribution in [2.45, 2.75) is 9.79 Å². The number of benzene rings is 1. The molecule has 0 heterocycles. The molecule has 0 aliphatic carbocycles. The van der Waals surface area contributed by atoms with Crippen LogP contribution in [0.5, 0.6) is 5.75 Å². The number of aromatic hydroxyl groups is 1. The van der Waals surface area contributed by atoms with Crippen LogP contribution in [0.3, 0.4) is 0 Å². The number of hydrogen-bond donors (Lipinski definition) is 4. The van der Waals surface area contributed by atoms with Gasteiger partial charge >= 0.3 is 0 Å². The molecule has 0 radical (unpaired) electrons. The zero-order valence-electron chi connectivity index (χ0n) is 7.11. The Balaban J connectivity index is 3.72. The van der Waals surface area contributed by atoms with Gasteiger partial charge in [-0.25, -0.2) is 4.21 Å². The van der Waals surface area contributed by atoms with Crippen molar-refractivity contribution in [2.75, 3.05) is 5.73 Å². The van der Waals surface area contributed by atoms with E-state index in [4.69, 9.17) is 19.9 Å². The van der Waals surface area contributed by atoms with Crippen LogP contribution < -0.4 is 5.73 Å². The van der Waals surface area contributed by atoms with Gasteiger partial charge in [-0.1, -0.05) is 0 Å². The van der Waals surface area contributed by atoms with Crippen molar-refractivity contribution < 1.29 is 26.8 Å². The lowest BCUT2D eigenvalue weighted by Crippen LogP contribution is -2.08. The van der Waals surface area contributed by atoms with Crippen LogP contribution in [0.1, 0.15) is 0 Å². The molecule has 7 nitrogen and oxygen atoms in total. The quantitative estimate of drug-likeness (QED) is 0.248.